The van der Waals surface area contributed by atoms with Gasteiger partial charge in [-0.15, -0.1) is 0 Å². The summed E-state index contributed by atoms with van der Waals surface area (Å²) in [5.41, 5.74) is 7.22. The van der Waals surface area contributed by atoms with Crippen LogP contribution in [0.1, 0.15) is 25.3 Å². The summed E-state index contributed by atoms with van der Waals surface area (Å²) in [5, 5.41) is 0. The molecular weight excluding hydrogens is 234 g/mol. The maximum atomic E-state index is 5.81. The first-order chi connectivity index (χ1) is 9.20. The standard InChI is InChI=1S/C16H27N3/c1-14-9-11-18(2)13-16(8-10-17)19(14)12-15-6-4-3-5-7-15/h3-7,14,16H,8-13,17H2,1-2H3. The third kappa shape index (κ3) is 4.03. The number of hydrogen-bond donors (Lipinski definition) is 1. The molecule has 1 aliphatic heterocycles. The second-order valence-corrected chi connectivity index (χ2v) is 5.79. The van der Waals surface area contributed by atoms with E-state index < -0.39 is 0 Å². The number of nitrogens with two attached hydrogens (primary N) is 1. The SMILES string of the molecule is CC1CCN(C)CC(CCN)N1Cc1ccccc1. The average molecular weight is 261 g/mol. The molecule has 1 saturated heterocycles. The lowest BCUT2D eigenvalue weighted by molar-refractivity contribution is 0.129. The fourth-order valence-corrected chi connectivity index (χ4v) is 3.02. The molecule has 0 aliphatic carbocycles. The minimum atomic E-state index is 0.577. The van der Waals surface area contributed by atoms with Gasteiger partial charge in [0.15, 0.2) is 0 Å². The highest BCUT2D eigenvalue weighted by Gasteiger charge is 2.27. The van der Waals surface area contributed by atoms with Crippen LogP contribution >= 0.6 is 0 Å². The van der Waals surface area contributed by atoms with Gasteiger partial charge in [-0.2, -0.15) is 0 Å². The molecule has 0 radical (unpaired) electrons. The summed E-state index contributed by atoms with van der Waals surface area (Å²) >= 11 is 0. The molecule has 2 atom stereocenters. The van der Waals surface area contributed by atoms with Crippen LogP contribution < -0.4 is 5.73 Å². The Bertz CT molecular complexity index is 366. The van der Waals surface area contributed by atoms with Gasteiger partial charge in [-0.05, 0) is 45.5 Å². The van der Waals surface area contributed by atoms with E-state index >= 15 is 0 Å². The lowest BCUT2D eigenvalue weighted by Crippen LogP contribution is -2.44. The van der Waals surface area contributed by atoms with Crippen LogP contribution in [0.3, 0.4) is 0 Å². The van der Waals surface area contributed by atoms with E-state index in [1.54, 1.807) is 0 Å². The minimum absolute atomic E-state index is 0.577. The van der Waals surface area contributed by atoms with Crippen LogP contribution in [0.4, 0.5) is 0 Å². The number of likely N-dealkylation sites (N-methyl/N-ethyl adjacent to an activating group) is 1. The summed E-state index contributed by atoms with van der Waals surface area (Å²) in [6, 6.07) is 12.0. The Balaban J connectivity index is 2.11. The van der Waals surface area contributed by atoms with Crippen LogP contribution in [0.2, 0.25) is 0 Å². The minimum Gasteiger partial charge on any atom is -0.330 e. The van der Waals surface area contributed by atoms with Crippen LogP contribution in [0, 0.1) is 0 Å². The predicted octanol–water partition coefficient (Wildman–Crippen LogP) is 1.93. The fourth-order valence-electron chi connectivity index (χ4n) is 3.02. The molecule has 1 aromatic carbocycles. The highest BCUT2D eigenvalue weighted by Crippen LogP contribution is 2.20. The largest absolute Gasteiger partial charge is 0.330 e. The molecule has 19 heavy (non-hydrogen) atoms. The molecule has 2 N–H and O–H groups in total. The Labute approximate surface area is 117 Å². The summed E-state index contributed by atoms with van der Waals surface area (Å²) in [6.07, 6.45) is 2.33. The maximum absolute atomic E-state index is 5.81. The van der Waals surface area contributed by atoms with E-state index in [-0.39, 0.29) is 0 Å². The van der Waals surface area contributed by atoms with Crippen molar-refractivity contribution in [1.82, 2.24) is 9.80 Å². The van der Waals surface area contributed by atoms with Crippen molar-refractivity contribution in [3.8, 4) is 0 Å². The van der Waals surface area contributed by atoms with E-state index in [1.165, 1.54) is 18.5 Å². The molecule has 0 aromatic heterocycles. The summed E-state index contributed by atoms with van der Waals surface area (Å²) in [5.74, 6) is 0. The van der Waals surface area contributed by atoms with Crippen molar-refractivity contribution < 1.29 is 0 Å². The highest BCUT2D eigenvalue weighted by atomic mass is 15.2. The predicted molar refractivity (Wildman–Crippen MR) is 81.0 cm³/mol. The van der Waals surface area contributed by atoms with Gasteiger partial charge >= 0.3 is 0 Å². The molecule has 1 heterocycles. The normalized spacial score (nSPS) is 26.3. The lowest BCUT2D eigenvalue weighted by Gasteiger charge is -2.34. The summed E-state index contributed by atoms with van der Waals surface area (Å²) in [7, 11) is 2.22. The summed E-state index contributed by atoms with van der Waals surface area (Å²) < 4.78 is 0. The van der Waals surface area contributed by atoms with Gasteiger partial charge in [0, 0.05) is 25.2 Å². The molecule has 2 rings (SSSR count). The Kier molecular flexibility index (Phi) is 5.37. The number of rotatable bonds is 4. The second-order valence-electron chi connectivity index (χ2n) is 5.79. The zero-order valence-corrected chi connectivity index (χ0v) is 12.3. The van der Waals surface area contributed by atoms with Gasteiger partial charge in [0.05, 0.1) is 0 Å². The number of benzene rings is 1. The second kappa shape index (κ2) is 7.04. The van der Waals surface area contributed by atoms with E-state index in [2.05, 4.69) is 54.1 Å². The van der Waals surface area contributed by atoms with Gasteiger partial charge in [0.25, 0.3) is 0 Å². The molecule has 0 amide bonds. The third-order valence-electron chi connectivity index (χ3n) is 4.19. The van der Waals surface area contributed by atoms with E-state index in [4.69, 9.17) is 5.73 Å². The Morgan fingerprint density at radius 1 is 1.26 bits per heavy atom. The van der Waals surface area contributed by atoms with Gasteiger partial charge in [0.1, 0.15) is 0 Å². The molecule has 0 spiro atoms. The molecule has 3 nitrogen and oxygen atoms in total. The van der Waals surface area contributed by atoms with Crippen molar-refractivity contribution in [3.63, 3.8) is 0 Å². The Morgan fingerprint density at radius 3 is 2.68 bits per heavy atom. The van der Waals surface area contributed by atoms with Crippen molar-refractivity contribution in [1.29, 1.82) is 0 Å². The lowest BCUT2D eigenvalue weighted by atomic mass is 10.1. The molecule has 0 bridgehead atoms. The fraction of sp³-hybridized carbons (Fsp3) is 0.625. The summed E-state index contributed by atoms with van der Waals surface area (Å²) in [6.45, 7) is 6.49. The van der Waals surface area contributed by atoms with E-state index in [9.17, 15) is 0 Å². The van der Waals surface area contributed by atoms with Crippen LogP contribution in [-0.4, -0.2) is 48.6 Å². The van der Waals surface area contributed by atoms with Gasteiger partial charge < -0.3 is 10.6 Å². The Morgan fingerprint density at radius 2 is 2.00 bits per heavy atom. The van der Waals surface area contributed by atoms with Gasteiger partial charge in [-0.25, -0.2) is 0 Å². The molecule has 1 aromatic rings. The number of hydrogen-bond acceptors (Lipinski definition) is 3. The molecule has 1 aliphatic rings. The smallest absolute Gasteiger partial charge is 0.0241 e. The molecule has 2 unspecified atom stereocenters. The monoisotopic (exact) mass is 261 g/mol. The topological polar surface area (TPSA) is 32.5 Å². The van der Waals surface area contributed by atoms with E-state index in [0.29, 0.717) is 12.1 Å². The first-order valence-corrected chi connectivity index (χ1v) is 7.39. The summed E-state index contributed by atoms with van der Waals surface area (Å²) in [4.78, 5) is 5.09. The Hall–Kier alpha value is -0.900. The average Bonchev–Trinajstić information content (AvgIpc) is 2.54. The van der Waals surface area contributed by atoms with E-state index in [1.807, 2.05) is 0 Å². The van der Waals surface area contributed by atoms with Crippen LogP contribution in [0.5, 0.6) is 0 Å². The molecular formula is C16H27N3. The van der Waals surface area contributed by atoms with Crippen molar-refractivity contribution in [2.75, 3.05) is 26.7 Å². The maximum Gasteiger partial charge on any atom is 0.0241 e. The molecule has 106 valence electrons. The first kappa shape index (κ1) is 14.5. The van der Waals surface area contributed by atoms with Crippen LogP contribution in [0.25, 0.3) is 0 Å². The third-order valence-corrected chi connectivity index (χ3v) is 4.19. The molecule has 3 heteroatoms. The van der Waals surface area contributed by atoms with Crippen molar-refractivity contribution in [2.24, 2.45) is 5.73 Å². The van der Waals surface area contributed by atoms with Crippen LogP contribution in [0.15, 0.2) is 30.3 Å². The zero-order valence-electron chi connectivity index (χ0n) is 12.3. The van der Waals surface area contributed by atoms with Crippen LogP contribution in [-0.2, 0) is 6.54 Å². The zero-order chi connectivity index (χ0) is 13.7. The van der Waals surface area contributed by atoms with Crippen molar-refractivity contribution in [3.05, 3.63) is 35.9 Å². The van der Waals surface area contributed by atoms with Crippen molar-refractivity contribution >= 4 is 0 Å². The number of nitrogens with zero attached hydrogens (tertiary/aromatic N) is 2. The quantitative estimate of drug-likeness (QED) is 0.899. The van der Waals surface area contributed by atoms with Gasteiger partial charge in [0.2, 0.25) is 0 Å². The molecule has 1 fully saturated rings. The van der Waals surface area contributed by atoms with Gasteiger partial charge in [-0.3, -0.25) is 4.90 Å². The van der Waals surface area contributed by atoms with Gasteiger partial charge in [-0.1, -0.05) is 30.3 Å². The highest BCUT2D eigenvalue weighted by molar-refractivity contribution is 5.15. The first-order valence-electron chi connectivity index (χ1n) is 7.39. The molecule has 0 saturated carbocycles. The van der Waals surface area contributed by atoms with E-state index in [0.717, 1.165) is 26.1 Å². The van der Waals surface area contributed by atoms with Crippen molar-refractivity contribution in [2.45, 2.75) is 38.4 Å².